The van der Waals surface area contributed by atoms with Gasteiger partial charge in [-0.1, -0.05) is 11.3 Å². The van der Waals surface area contributed by atoms with Gasteiger partial charge in [0, 0.05) is 11.8 Å². The molecule has 2 amide bonds. The molecule has 0 fully saturated rings. The van der Waals surface area contributed by atoms with Crippen molar-refractivity contribution >= 4 is 38.4 Å². The fourth-order valence-corrected chi connectivity index (χ4v) is 2.48. The highest BCUT2D eigenvalue weighted by molar-refractivity contribution is 7.22. The van der Waals surface area contributed by atoms with E-state index in [0.717, 1.165) is 11.3 Å². The molecule has 6 nitrogen and oxygen atoms in total. The Morgan fingerprint density at radius 2 is 2.19 bits per heavy atom. The van der Waals surface area contributed by atoms with Crippen LogP contribution in [0.5, 0.6) is 5.75 Å². The van der Waals surface area contributed by atoms with Gasteiger partial charge in [0.15, 0.2) is 5.13 Å². The Morgan fingerprint density at radius 3 is 2.81 bits per heavy atom. The van der Waals surface area contributed by atoms with Crippen molar-refractivity contribution in [3.63, 3.8) is 0 Å². The lowest BCUT2D eigenvalue weighted by Gasteiger charge is -2.07. The number of thiazole rings is 1. The van der Waals surface area contributed by atoms with Crippen LogP contribution in [0.15, 0.2) is 12.1 Å². The molecule has 0 aliphatic rings. The van der Waals surface area contributed by atoms with Gasteiger partial charge in [0.1, 0.15) is 17.8 Å². The molecule has 10 heteroatoms. The number of nitrogens with one attached hydrogen (secondary N) is 2. The molecule has 1 heterocycles. The second-order valence-electron chi connectivity index (χ2n) is 4.01. The van der Waals surface area contributed by atoms with Crippen LogP contribution in [0.3, 0.4) is 0 Å². The highest BCUT2D eigenvalue weighted by atomic mass is 32.1. The molecule has 0 aliphatic heterocycles. The number of carbonyl (C=O) groups is 1. The van der Waals surface area contributed by atoms with Crippen molar-refractivity contribution in [2.45, 2.75) is 6.18 Å². The monoisotopic (exact) mass is 320 g/mol. The molecule has 0 atom stereocenters. The van der Waals surface area contributed by atoms with Gasteiger partial charge in [-0.25, -0.2) is 9.78 Å². The molecule has 0 unspecified atom stereocenters. The van der Waals surface area contributed by atoms with E-state index in [2.05, 4.69) is 10.3 Å². The molecule has 21 heavy (non-hydrogen) atoms. The topological polar surface area (TPSA) is 89.3 Å². The highest BCUT2D eigenvalue weighted by Crippen LogP contribution is 2.34. The summed E-state index contributed by atoms with van der Waals surface area (Å²) >= 11 is 1.08. The van der Waals surface area contributed by atoms with Gasteiger partial charge in [-0.15, -0.1) is 0 Å². The fourth-order valence-electron chi connectivity index (χ4n) is 1.55. The van der Waals surface area contributed by atoms with Crippen molar-refractivity contribution in [1.29, 1.82) is 0 Å². The van der Waals surface area contributed by atoms with Gasteiger partial charge in [0.2, 0.25) is 0 Å². The number of fused-ring (bicyclic) bond motifs is 1. The van der Waals surface area contributed by atoms with Gasteiger partial charge in [0.25, 0.3) is 0 Å². The maximum absolute atomic E-state index is 12.0. The van der Waals surface area contributed by atoms with E-state index in [1.54, 1.807) is 17.4 Å². The number of hydrogen-bond donors (Lipinski definition) is 3. The van der Waals surface area contributed by atoms with Crippen LogP contribution in [-0.2, 0) is 0 Å². The minimum absolute atomic E-state index is 0.147. The lowest BCUT2D eigenvalue weighted by atomic mass is 10.3. The Labute approximate surface area is 121 Å². The number of halogens is 3. The SMILES string of the molecule is COc1cc(N)cc2sc(NC(=O)NCC(F)(F)F)nc12. The molecule has 0 saturated heterocycles. The van der Waals surface area contributed by atoms with Crippen LogP contribution in [0, 0.1) is 0 Å². The number of aromatic nitrogens is 1. The molecule has 2 rings (SSSR count). The summed E-state index contributed by atoms with van der Waals surface area (Å²) < 4.78 is 41.7. The van der Waals surface area contributed by atoms with E-state index in [-0.39, 0.29) is 5.13 Å². The molecule has 0 bridgehead atoms. The summed E-state index contributed by atoms with van der Waals surface area (Å²) in [5, 5.41) is 4.07. The Kier molecular flexibility index (Phi) is 4.07. The third kappa shape index (κ3) is 3.88. The van der Waals surface area contributed by atoms with Crippen molar-refractivity contribution in [2.75, 3.05) is 24.7 Å². The van der Waals surface area contributed by atoms with Gasteiger partial charge in [-0.2, -0.15) is 13.2 Å². The Balaban J connectivity index is 2.14. The molecule has 114 valence electrons. The number of methoxy groups -OCH3 is 1. The third-order valence-electron chi connectivity index (χ3n) is 2.37. The molecule has 0 spiro atoms. The number of nitrogens with two attached hydrogens (primary N) is 1. The number of nitrogen functional groups attached to an aromatic ring is 1. The highest BCUT2D eigenvalue weighted by Gasteiger charge is 2.27. The van der Waals surface area contributed by atoms with Gasteiger partial charge < -0.3 is 15.8 Å². The number of amides is 2. The lowest BCUT2D eigenvalue weighted by Crippen LogP contribution is -2.36. The van der Waals surface area contributed by atoms with Crippen molar-refractivity contribution in [3.8, 4) is 5.75 Å². The van der Waals surface area contributed by atoms with Crippen LogP contribution >= 0.6 is 11.3 Å². The number of rotatable bonds is 3. The second-order valence-corrected chi connectivity index (χ2v) is 5.04. The summed E-state index contributed by atoms with van der Waals surface area (Å²) in [4.78, 5) is 15.4. The zero-order valence-corrected chi connectivity index (χ0v) is 11.6. The molecule has 4 N–H and O–H groups in total. The number of hydrogen-bond acceptors (Lipinski definition) is 5. The summed E-state index contributed by atoms with van der Waals surface area (Å²) in [6.07, 6.45) is -4.47. The van der Waals surface area contributed by atoms with Crippen LogP contribution in [-0.4, -0.2) is 30.8 Å². The average Bonchev–Trinajstić information content (AvgIpc) is 2.76. The number of anilines is 2. The summed E-state index contributed by atoms with van der Waals surface area (Å²) in [6, 6.07) is 2.21. The Bertz CT molecular complexity index is 671. The average molecular weight is 320 g/mol. The molecular weight excluding hydrogens is 309 g/mol. The van der Waals surface area contributed by atoms with E-state index in [1.165, 1.54) is 7.11 Å². The Hall–Kier alpha value is -2.23. The van der Waals surface area contributed by atoms with E-state index >= 15 is 0 Å². The molecule has 0 aliphatic carbocycles. The zero-order valence-electron chi connectivity index (χ0n) is 10.7. The van der Waals surface area contributed by atoms with Crippen molar-refractivity contribution in [2.24, 2.45) is 0 Å². The zero-order chi connectivity index (χ0) is 15.6. The maximum Gasteiger partial charge on any atom is 0.405 e. The fraction of sp³-hybridized carbons (Fsp3) is 0.273. The van der Waals surface area contributed by atoms with Gasteiger partial charge in [-0.3, -0.25) is 5.32 Å². The first-order valence-electron chi connectivity index (χ1n) is 5.64. The first-order valence-corrected chi connectivity index (χ1v) is 6.46. The predicted molar refractivity (Wildman–Crippen MR) is 73.7 cm³/mol. The largest absolute Gasteiger partial charge is 0.494 e. The number of ether oxygens (including phenoxy) is 1. The smallest absolute Gasteiger partial charge is 0.405 e. The second kappa shape index (κ2) is 5.64. The number of urea groups is 1. The predicted octanol–water partition coefficient (Wildman–Crippen LogP) is 2.57. The number of nitrogens with zero attached hydrogens (tertiary/aromatic N) is 1. The van der Waals surface area contributed by atoms with Gasteiger partial charge >= 0.3 is 12.2 Å². The summed E-state index contributed by atoms with van der Waals surface area (Å²) in [7, 11) is 1.44. The minimum atomic E-state index is -4.47. The molecule has 1 aromatic heterocycles. The van der Waals surface area contributed by atoms with Crippen molar-refractivity contribution in [1.82, 2.24) is 10.3 Å². The Morgan fingerprint density at radius 1 is 1.48 bits per heavy atom. The normalized spacial score (nSPS) is 11.4. The van der Waals surface area contributed by atoms with E-state index in [0.29, 0.717) is 21.7 Å². The molecule has 0 radical (unpaired) electrons. The van der Waals surface area contributed by atoms with E-state index in [4.69, 9.17) is 10.5 Å². The van der Waals surface area contributed by atoms with E-state index in [1.807, 2.05) is 0 Å². The van der Waals surface area contributed by atoms with Crippen molar-refractivity contribution in [3.05, 3.63) is 12.1 Å². The number of alkyl halides is 3. The maximum atomic E-state index is 12.0. The molecule has 2 aromatic rings. The van der Waals surface area contributed by atoms with Crippen LogP contribution in [0.25, 0.3) is 10.2 Å². The quantitative estimate of drug-likeness (QED) is 0.758. The van der Waals surface area contributed by atoms with Gasteiger partial charge in [0.05, 0.1) is 11.8 Å². The van der Waals surface area contributed by atoms with Crippen LogP contribution in [0.1, 0.15) is 0 Å². The first-order chi connectivity index (χ1) is 9.78. The van der Waals surface area contributed by atoms with Crippen LogP contribution in [0.2, 0.25) is 0 Å². The van der Waals surface area contributed by atoms with E-state index in [9.17, 15) is 18.0 Å². The number of benzene rings is 1. The standard InChI is InChI=1S/C11H11F3N4O2S/c1-20-6-2-5(15)3-7-8(6)17-10(21-7)18-9(19)16-4-11(12,13)14/h2-3H,4,15H2,1H3,(H2,16,17,18,19). The summed E-state index contributed by atoms with van der Waals surface area (Å²) in [5.74, 6) is 0.421. The lowest BCUT2D eigenvalue weighted by molar-refractivity contribution is -0.122. The summed E-state index contributed by atoms with van der Waals surface area (Å²) in [6.45, 7) is -1.42. The molecular formula is C11H11F3N4O2S. The molecule has 0 saturated carbocycles. The third-order valence-corrected chi connectivity index (χ3v) is 3.29. The molecule has 1 aromatic carbocycles. The van der Waals surface area contributed by atoms with Crippen LogP contribution < -0.4 is 21.1 Å². The van der Waals surface area contributed by atoms with E-state index < -0.39 is 18.8 Å². The van der Waals surface area contributed by atoms with Crippen LogP contribution in [0.4, 0.5) is 28.8 Å². The number of carbonyl (C=O) groups excluding carboxylic acids is 1. The van der Waals surface area contributed by atoms with Gasteiger partial charge in [-0.05, 0) is 6.07 Å². The minimum Gasteiger partial charge on any atom is -0.494 e. The van der Waals surface area contributed by atoms with Crippen molar-refractivity contribution < 1.29 is 22.7 Å². The first kappa shape index (κ1) is 15.2. The summed E-state index contributed by atoms with van der Waals surface area (Å²) in [5.41, 5.74) is 6.61.